The van der Waals surface area contributed by atoms with E-state index < -0.39 is 5.92 Å². The van der Waals surface area contributed by atoms with Crippen molar-refractivity contribution in [2.45, 2.75) is 45.2 Å². The van der Waals surface area contributed by atoms with Crippen LogP contribution in [-0.2, 0) is 32.1 Å². The number of hydrogen-bond acceptors (Lipinski definition) is 5. The van der Waals surface area contributed by atoms with Crippen LogP contribution in [0.25, 0.3) is 0 Å². The Balaban J connectivity index is 1.70. The van der Waals surface area contributed by atoms with Gasteiger partial charge in [-0.2, -0.15) is 0 Å². The highest BCUT2D eigenvalue weighted by Gasteiger charge is 2.27. The van der Waals surface area contributed by atoms with Crippen LogP contribution in [0.1, 0.15) is 37.3 Å². The predicted molar refractivity (Wildman–Crippen MR) is 138 cm³/mol. The molecule has 0 aromatic heterocycles. The van der Waals surface area contributed by atoms with Crippen LogP contribution in [0, 0.1) is 11.8 Å². The third-order valence-electron chi connectivity index (χ3n) is 6.26. The van der Waals surface area contributed by atoms with Gasteiger partial charge in [0.15, 0.2) is 0 Å². The molecule has 2 aromatic carbocycles. The van der Waals surface area contributed by atoms with Gasteiger partial charge in [0.2, 0.25) is 11.8 Å². The van der Waals surface area contributed by atoms with Crippen molar-refractivity contribution in [3.05, 3.63) is 83.9 Å². The molecule has 0 saturated heterocycles. The maximum Gasteiger partial charge on any atom is 0.309 e. The number of carbonyl (C=O) groups is 3. The molecule has 7 heteroatoms. The van der Waals surface area contributed by atoms with Gasteiger partial charge in [0.05, 0.1) is 24.5 Å². The van der Waals surface area contributed by atoms with Gasteiger partial charge >= 0.3 is 5.97 Å². The normalized spacial score (nSPS) is 21.0. The number of nitrogens with one attached hydrogen (secondary N) is 1. The number of hydrogen-bond donors (Lipinski definition) is 2. The smallest absolute Gasteiger partial charge is 0.309 e. The molecule has 7 nitrogen and oxygen atoms in total. The number of rotatable bonds is 8. The van der Waals surface area contributed by atoms with Crippen LogP contribution in [0.3, 0.4) is 0 Å². The molecule has 3 atom stereocenters. The molecule has 0 bridgehead atoms. The van der Waals surface area contributed by atoms with Crippen LogP contribution in [0.4, 0.5) is 0 Å². The number of esters is 1. The van der Waals surface area contributed by atoms with Crippen molar-refractivity contribution in [3.63, 3.8) is 0 Å². The summed E-state index contributed by atoms with van der Waals surface area (Å²) in [6, 6.07) is 19.0. The molecule has 0 fully saturated rings. The zero-order valence-electron chi connectivity index (χ0n) is 20.8. The van der Waals surface area contributed by atoms with Crippen LogP contribution in [-0.4, -0.2) is 53.6 Å². The highest BCUT2D eigenvalue weighted by Crippen LogP contribution is 2.19. The molecule has 0 saturated carbocycles. The first-order valence-electron chi connectivity index (χ1n) is 12.5. The third-order valence-corrected chi connectivity index (χ3v) is 6.26. The Kier molecular flexibility index (Phi) is 10.7. The van der Waals surface area contributed by atoms with Crippen molar-refractivity contribution in [2.24, 2.45) is 11.8 Å². The van der Waals surface area contributed by atoms with Crippen LogP contribution < -0.4 is 5.32 Å². The fraction of sp³-hybridized carbons (Fsp3) is 0.414. The molecule has 192 valence electrons. The molecule has 0 unspecified atom stereocenters. The van der Waals surface area contributed by atoms with E-state index in [0.29, 0.717) is 25.8 Å². The number of benzene rings is 2. The Morgan fingerprint density at radius 3 is 2.22 bits per heavy atom. The van der Waals surface area contributed by atoms with Crippen molar-refractivity contribution < 1.29 is 24.2 Å². The number of amides is 2. The van der Waals surface area contributed by atoms with Gasteiger partial charge in [-0.25, -0.2) is 0 Å². The Bertz CT molecular complexity index is 1010. The van der Waals surface area contributed by atoms with Crippen molar-refractivity contribution >= 4 is 17.8 Å². The molecular formula is C29H36N2O5. The van der Waals surface area contributed by atoms with Crippen molar-refractivity contribution in [1.29, 1.82) is 0 Å². The second-order valence-corrected chi connectivity index (χ2v) is 9.29. The van der Waals surface area contributed by atoms with Crippen LogP contribution in [0.15, 0.2) is 72.8 Å². The van der Waals surface area contributed by atoms with E-state index in [4.69, 9.17) is 4.74 Å². The predicted octanol–water partition coefficient (Wildman–Crippen LogP) is 3.27. The Morgan fingerprint density at radius 1 is 0.972 bits per heavy atom. The summed E-state index contributed by atoms with van der Waals surface area (Å²) in [6.45, 7) is 2.28. The van der Waals surface area contributed by atoms with Gasteiger partial charge < -0.3 is 20.1 Å². The first-order chi connectivity index (χ1) is 17.5. The lowest BCUT2D eigenvalue weighted by molar-refractivity contribution is -0.149. The van der Waals surface area contributed by atoms with Crippen molar-refractivity contribution in [3.8, 4) is 0 Å². The average Bonchev–Trinajstić information content (AvgIpc) is 2.88. The highest BCUT2D eigenvalue weighted by molar-refractivity contribution is 5.86. The number of cyclic esters (lactones) is 1. The Morgan fingerprint density at radius 2 is 1.58 bits per heavy atom. The summed E-state index contributed by atoms with van der Waals surface area (Å²) >= 11 is 0. The number of allylic oxidation sites excluding steroid dienone is 2. The fourth-order valence-corrected chi connectivity index (χ4v) is 4.25. The lowest BCUT2D eigenvalue weighted by Crippen LogP contribution is -2.43. The van der Waals surface area contributed by atoms with Crippen molar-refractivity contribution in [2.75, 3.05) is 19.8 Å². The summed E-state index contributed by atoms with van der Waals surface area (Å²) in [5.41, 5.74) is 2.02. The summed E-state index contributed by atoms with van der Waals surface area (Å²) in [5.74, 6) is -1.60. The van der Waals surface area contributed by atoms with Crippen LogP contribution in [0.2, 0.25) is 0 Å². The molecule has 2 aromatic rings. The van der Waals surface area contributed by atoms with Gasteiger partial charge in [0.1, 0.15) is 6.61 Å². The number of nitrogens with zero attached hydrogens (tertiary/aromatic N) is 1. The van der Waals surface area contributed by atoms with Crippen LogP contribution in [0.5, 0.6) is 0 Å². The van der Waals surface area contributed by atoms with Gasteiger partial charge in [-0.1, -0.05) is 72.8 Å². The zero-order chi connectivity index (χ0) is 25.8. The lowest BCUT2D eigenvalue weighted by atomic mass is 9.94. The van der Waals surface area contributed by atoms with E-state index in [1.807, 2.05) is 72.8 Å². The molecule has 0 spiro atoms. The van der Waals surface area contributed by atoms with Gasteiger partial charge in [-0.3, -0.25) is 14.4 Å². The lowest BCUT2D eigenvalue weighted by Gasteiger charge is -2.25. The standard InChI is InChI=1S/C29H36N2O5/c1-22-21-36-29(35)26(18-23-10-4-2-5-11-23)15-9-8-14-25(28(34)30-22)19-27(33)31(16-17-32)20-24-12-6-3-7-13-24/h2-13,22,25-26,32H,14-21H2,1H3,(H,30,34)/t22-,25+,26+/m0/s1. The Labute approximate surface area is 213 Å². The molecule has 3 rings (SSSR count). The maximum atomic E-state index is 13.1. The van der Waals surface area contributed by atoms with E-state index in [0.717, 1.165) is 11.1 Å². The summed E-state index contributed by atoms with van der Waals surface area (Å²) in [5, 5.41) is 12.4. The number of ether oxygens (including phenoxy) is 1. The molecule has 0 radical (unpaired) electrons. The number of carbonyl (C=O) groups excluding carboxylic acids is 3. The van der Waals surface area contributed by atoms with Crippen molar-refractivity contribution in [1.82, 2.24) is 10.2 Å². The van der Waals surface area contributed by atoms with E-state index >= 15 is 0 Å². The summed E-state index contributed by atoms with van der Waals surface area (Å²) in [4.78, 5) is 40.4. The highest BCUT2D eigenvalue weighted by atomic mass is 16.5. The topological polar surface area (TPSA) is 95.9 Å². The molecule has 36 heavy (non-hydrogen) atoms. The largest absolute Gasteiger partial charge is 0.463 e. The second-order valence-electron chi connectivity index (χ2n) is 9.29. The summed E-state index contributed by atoms with van der Waals surface area (Å²) in [7, 11) is 0. The summed E-state index contributed by atoms with van der Waals surface area (Å²) in [6.07, 6.45) is 5.26. The minimum Gasteiger partial charge on any atom is -0.463 e. The molecule has 2 amide bonds. The maximum absolute atomic E-state index is 13.1. The molecule has 1 heterocycles. The van der Waals surface area contributed by atoms with Gasteiger partial charge in [0.25, 0.3) is 0 Å². The van der Waals surface area contributed by atoms with E-state index in [1.165, 1.54) is 0 Å². The quantitative estimate of drug-likeness (QED) is 0.436. The monoisotopic (exact) mass is 492 g/mol. The zero-order valence-corrected chi connectivity index (χ0v) is 20.8. The molecule has 2 N–H and O–H groups in total. The fourth-order valence-electron chi connectivity index (χ4n) is 4.25. The van der Waals surface area contributed by atoms with Crippen LogP contribution >= 0.6 is 0 Å². The van der Waals surface area contributed by atoms with E-state index in [1.54, 1.807) is 11.8 Å². The summed E-state index contributed by atoms with van der Waals surface area (Å²) < 4.78 is 5.52. The van der Waals surface area contributed by atoms with E-state index in [2.05, 4.69) is 5.32 Å². The molecule has 1 aliphatic rings. The minimum absolute atomic E-state index is 0.0307. The Hall–Kier alpha value is -3.45. The van der Waals surface area contributed by atoms with Gasteiger partial charge in [-0.05, 0) is 37.3 Å². The second kappa shape index (κ2) is 14.2. The number of aliphatic hydroxyl groups excluding tert-OH is 1. The first kappa shape index (κ1) is 27.1. The third kappa shape index (κ3) is 8.64. The molecule has 0 aliphatic carbocycles. The molecular weight excluding hydrogens is 456 g/mol. The average molecular weight is 493 g/mol. The first-order valence-corrected chi connectivity index (χ1v) is 12.5. The van der Waals surface area contributed by atoms with E-state index in [-0.39, 0.29) is 55.9 Å². The minimum atomic E-state index is -0.559. The van der Waals surface area contributed by atoms with E-state index in [9.17, 15) is 19.5 Å². The number of aliphatic hydroxyl groups is 1. The van der Waals surface area contributed by atoms with Gasteiger partial charge in [0, 0.05) is 19.5 Å². The molecule has 1 aliphatic heterocycles. The van der Waals surface area contributed by atoms with Gasteiger partial charge in [-0.15, -0.1) is 0 Å². The SMILES string of the molecule is C[C@H]1COC(=O)[C@@H](Cc2ccccc2)CC=CC[C@H](CC(=O)N(CCO)Cc2ccccc2)C(=O)N1.